The number of methoxy groups -OCH3 is 1. The van der Waals surface area contributed by atoms with E-state index in [9.17, 15) is 23.6 Å². The van der Waals surface area contributed by atoms with E-state index >= 15 is 0 Å². The van der Waals surface area contributed by atoms with Gasteiger partial charge in [-0.3, -0.25) is 34.1 Å². The normalized spacial score (nSPS) is 17.0. The van der Waals surface area contributed by atoms with Crippen molar-refractivity contribution in [1.29, 1.82) is 0 Å². The first-order chi connectivity index (χ1) is 18.8. The van der Waals surface area contributed by atoms with E-state index in [1.807, 2.05) is 12.1 Å². The molecule has 0 saturated carbocycles. The highest BCUT2D eigenvalue weighted by Crippen LogP contribution is 2.39. The second-order valence-corrected chi connectivity index (χ2v) is 9.37. The quantitative estimate of drug-likeness (QED) is 0.381. The van der Waals surface area contributed by atoms with Crippen LogP contribution in [0.25, 0.3) is 22.0 Å². The lowest BCUT2D eigenvalue weighted by atomic mass is 10.0. The molecule has 1 atom stereocenters. The minimum atomic E-state index is -1.08. The summed E-state index contributed by atoms with van der Waals surface area (Å²) in [5.74, 6) is -2.79. The minimum Gasteiger partial charge on any atom is -0.494 e. The van der Waals surface area contributed by atoms with Crippen molar-refractivity contribution in [3.05, 3.63) is 71.7 Å². The summed E-state index contributed by atoms with van der Waals surface area (Å²) in [6, 6.07) is 12.0. The fourth-order valence-corrected chi connectivity index (χ4v) is 5.14. The van der Waals surface area contributed by atoms with Gasteiger partial charge in [0.1, 0.15) is 6.04 Å². The number of nitrogens with one attached hydrogen (secondary N) is 2. The third kappa shape index (κ3) is 3.90. The van der Waals surface area contributed by atoms with Crippen LogP contribution < -0.4 is 15.4 Å². The van der Waals surface area contributed by atoms with Gasteiger partial charge in [-0.25, -0.2) is 4.39 Å². The number of nitrogens with zero attached hydrogens (tertiary/aromatic N) is 3. The number of benzene rings is 3. The Morgan fingerprint density at radius 3 is 2.59 bits per heavy atom. The van der Waals surface area contributed by atoms with E-state index in [0.29, 0.717) is 22.5 Å². The molecule has 4 amide bonds. The summed E-state index contributed by atoms with van der Waals surface area (Å²) in [7, 11) is 3.19. The van der Waals surface area contributed by atoms with Gasteiger partial charge in [-0.1, -0.05) is 12.1 Å². The summed E-state index contributed by atoms with van der Waals surface area (Å²) in [6.07, 6.45) is 1.78. The fraction of sp³-hybridized carbons (Fsp3) is 0.179. The zero-order valence-corrected chi connectivity index (χ0v) is 20.9. The van der Waals surface area contributed by atoms with E-state index in [0.717, 1.165) is 15.8 Å². The summed E-state index contributed by atoms with van der Waals surface area (Å²) in [6.45, 7) is 0. The zero-order chi connectivity index (χ0) is 27.4. The van der Waals surface area contributed by atoms with Gasteiger partial charge in [-0.2, -0.15) is 5.10 Å². The van der Waals surface area contributed by atoms with Crippen molar-refractivity contribution in [2.24, 2.45) is 7.05 Å². The molecule has 4 aromatic rings. The number of fused-ring (bicyclic) bond motifs is 2. The van der Waals surface area contributed by atoms with Crippen molar-refractivity contribution in [2.45, 2.75) is 18.9 Å². The highest BCUT2D eigenvalue weighted by molar-refractivity contribution is 6.25. The number of aryl methyl sites for hydroxylation is 1. The third-order valence-corrected chi connectivity index (χ3v) is 7.09. The SMILES string of the molecule is COc1ccc(-c2cc3c(cnn3C)cc2Nc2cccc3c2C(=O)N(C2CCC(=O)NC2=O)C3=O)cc1F. The van der Waals surface area contributed by atoms with E-state index in [1.165, 1.54) is 25.3 Å². The molecular formula is C28H22FN5O5. The molecule has 39 heavy (non-hydrogen) atoms. The number of halogens is 1. The zero-order valence-electron chi connectivity index (χ0n) is 20.9. The Balaban J connectivity index is 1.44. The first-order valence-electron chi connectivity index (χ1n) is 12.2. The van der Waals surface area contributed by atoms with Crippen molar-refractivity contribution in [2.75, 3.05) is 12.4 Å². The lowest BCUT2D eigenvalue weighted by Gasteiger charge is -2.27. The van der Waals surface area contributed by atoms with Gasteiger partial charge in [-0.05, 0) is 48.4 Å². The average molecular weight is 528 g/mol. The topological polar surface area (TPSA) is 123 Å². The predicted octanol–water partition coefficient (Wildman–Crippen LogP) is 3.53. The molecule has 1 saturated heterocycles. The molecule has 3 aromatic carbocycles. The number of hydrogen-bond acceptors (Lipinski definition) is 7. The second-order valence-electron chi connectivity index (χ2n) is 9.37. The van der Waals surface area contributed by atoms with E-state index in [1.54, 1.807) is 36.1 Å². The van der Waals surface area contributed by atoms with Crippen molar-refractivity contribution in [3.63, 3.8) is 0 Å². The number of amides is 4. The first kappa shape index (κ1) is 24.3. The van der Waals surface area contributed by atoms with E-state index in [-0.39, 0.29) is 29.7 Å². The number of hydrogen-bond donors (Lipinski definition) is 2. The molecule has 1 unspecified atom stereocenters. The van der Waals surface area contributed by atoms with Gasteiger partial charge < -0.3 is 10.1 Å². The van der Waals surface area contributed by atoms with Crippen LogP contribution in [0.5, 0.6) is 5.75 Å². The van der Waals surface area contributed by atoms with Gasteiger partial charge in [0.25, 0.3) is 11.8 Å². The maximum atomic E-state index is 14.7. The molecule has 6 rings (SSSR count). The number of carbonyl (C=O) groups is 4. The van der Waals surface area contributed by atoms with Crippen molar-refractivity contribution in [3.8, 4) is 16.9 Å². The molecule has 0 bridgehead atoms. The molecule has 10 nitrogen and oxygen atoms in total. The van der Waals surface area contributed by atoms with Crippen LogP contribution in [-0.2, 0) is 16.6 Å². The number of rotatable bonds is 5. The van der Waals surface area contributed by atoms with Crippen LogP contribution >= 0.6 is 0 Å². The van der Waals surface area contributed by atoms with Gasteiger partial charge >= 0.3 is 0 Å². The highest BCUT2D eigenvalue weighted by atomic mass is 19.1. The van der Waals surface area contributed by atoms with Crippen LogP contribution in [0.4, 0.5) is 15.8 Å². The number of carbonyl (C=O) groups excluding carboxylic acids is 4. The molecule has 0 spiro atoms. The van der Waals surface area contributed by atoms with Gasteiger partial charge in [0, 0.05) is 30.1 Å². The van der Waals surface area contributed by atoms with Crippen molar-refractivity contribution < 1.29 is 28.3 Å². The van der Waals surface area contributed by atoms with E-state index in [2.05, 4.69) is 15.7 Å². The van der Waals surface area contributed by atoms with Gasteiger partial charge in [0.15, 0.2) is 11.6 Å². The lowest BCUT2D eigenvalue weighted by Crippen LogP contribution is -2.54. The predicted molar refractivity (Wildman–Crippen MR) is 139 cm³/mol. The monoisotopic (exact) mass is 527 g/mol. The van der Waals surface area contributed by atoms with Crippen LogP contribution in [0.1, 0.15) is 33.6 Å². The Hall–Kier alpha value is -5.06. The van der Waals surface area contributed by atoms with E-state index < -0.39 is 35.5 Å². The number of ether oxygens (including phenoxy) is 1. The molecule has 196 valence electrons. The maximum absolute atomic E-state index is 14.7. The largest absolute Gasteiger partial charge is 0.494 e. The number of aromatic nitrogens is 2. The summed E-state index contributed by atoms with van der Waals surface area (Å²) < 4.78 is 21.4. The summed E-state index contributed by atoms with van der Waals surface area (Å²) in [5, 5.41) is 10.6. The highest BCUT2D eigenvalue weighted by Gasteiger charge is 2.45. The molecule has 2 aliphatic heterocycles. The Bertz CT molecular complexity index is 1730. The average Bonchev–Trinajstić information content (AvgIpc) is 3.40. The molecule has 0 aliphatic carbocycles. The Morgan fingerprint density at radius 2 is 1.85 bits per heavy atom. The fourth-order valence-electron chi connectivity index (χ4n) is 5.14. The Kier molecular flexibility index (Phi) is 5.63. The third-order valence-electron chi connectivity index (χ3n) is 7.09. The maximum Gasteiger partial charge on any atom is 0.264 e. The lowest BCUT2D eigenvalue weighted by molar-refractivity contribution is -0.136. The molecular weight excluding hydrogens is 505 g/mol. The molecule has 2 N–H and O–H groups in total. The first-order valence-corrected chi connectivity index (χ1v) is 12.2. The molecule has 11 heteroatoms. The van der Waals surface area contributed by atoms with E-state index in [4.69, 9.17) is 4.74 Å². The Morgan fingerprint density at radius 1 is 1.03 bits per heavy atom. The smallest absolute Gasteiger partial charge is 0.264 e. The molecule has 0 radical (unpaired) electrons. The molecule has 3 heterocycles. The van der Waals surface area contributed by atoms with Gasteiger partial charge in [-0.15, -0.1) is 0 Å². The van der Waals surface area contributed by atoms with Crippen molar-refractivity contribution in [1.82, 2.24) is 20.0 Å². The van der Waals surface area contributed by atoms with Crippen LogP contribution in [0, 0.1) is 5.82 Å². The van der Waals surface area contributed by atoms with Gasteiger partial charge in [0.2, 0.25) is 11.8 Å². The minimum absolute atomic E-state index is 0.0296. The Labute approximate surface area is 221 Å². The number of imide groups is 2. The van der Waals surface area contributed by atoms with Crippen LogP contribution in [-0.4, -0.2) is 51.5 Å². The van der Waals surface area contributed by atoms with Crippen LogP contribution in [0.15, 0.2) is 54.7 Å². The molecule has 1 fully saturated rings. The standard InChI is InChI=1S/C28H22FN5O5/c1-33-22-12-17(14-6-8-23(39-2)18(29)10-14)20(11-15(22)13-30-33)31-19-5-3-4-16-25(19)28(38)34(27(16)37)21-7-9-24(35)32-26(21)36/h3-6,8,10-13,21,31H,7,9H2,1-2H3,(H,32,35,36). The summed E-state index contributed by atoms with van der Waals surface area (Å²) in [5.41, 5.74) is 3.15. The van der Waals surface area contributed by atoms with Crippen molar-refractivity contribution >= 4 is 45.9 Å². The van der Waals surface area contributed by atoms with Gasteiger partial charge in [0.05, 0.1) is 35.6 Å². The number of anilines is 2. The second kappa shape index (κ2) is 9.05. The van der Waals surface area contributed by atoms with Crippen LogP contribution in [0.3, 0.4) is 0 Å². The molecule has 1 aromatic heterocycles. The summed E-state index contributed by atoms with van der Waals surface area (Å²) in [4.78, 5) is 51.8. The number of piperidine rings is 1. The molecule has 2 aliphatic rings. The van der Waals surface area contributed by atoms with Crippen LogP contribution in [0.2, 0.25) is 0 Å². The summed E-state index contributed by atoms with van der Waals surface area (Å²) >= 11 is 0.